The van der Waals surface area contributed by atoms with E-state index >= 15 is 0 Å². The van der Waals surface area contributed by atoms with Crippen LogP contribution in [0.3, 0.4) is 0 Å². The summed E-state index contributed by atoms with van der Waals surface area (Å²) >= 11 is 1.29. The summed E-state index contributed by atoms with van der Waals surface area (Å²) in [6, 6.07) is 27.3. The van der Waals surface area contributed by atoms with Crippen LogP contribution >= 0.6 is 11.8 Å². The molecule has 6 nitrogen and oxygen atoms in total. The van der Waals surface area contributed by atoms with Gasteiger partial charge >= 0.3 is 0 Å². The molecule has 4 aromatic rings. The molecule has 0 bridgehead atoms. The highest BCUT2D eigenvalue weighted by Gasteiger charge is 2.13. The first kappa shape index (κ1) is 17.9. The maximum Gasteiger partial charge on any atom is 0.234 e. The van der Waals surface area contributed by atoms with Crippen LogP contribution in [0.5, 0.6) is 0 Å². The number of nitrogens with zero attached hydrogens (tertiary/aromatic N) is 4. The average molecular weight is 387 g/mol. The highest BCUT2D eigenvalue weighted by Crippen LogP contribution is 2.28. The number of tetrazole rings is 1. The third-order valence-electron chi connectivity index (χ3n) is 4.06. The summed E-state index contributed by atoms with van der Waals surface area (Å²) < 4.78 is 1.62. The van der Waals surface area contributed by atoms with Gasteiger partial charge in [0.15, 0.2) is 0 Å². The minimum absolute atomic E-state index is 0.115. The van der Waals surface area contributed by atoms with Crippen LogP contribution in [0.4, 0.5) is 5.69 Å². The van der Waals surface area contributed by atoms with Gasteiger partial charge < -0.3 is 5.32 Å². The van der Waals surface area contributed by atoms with E-state index in [1.165, 1.54) is 11.8 Å². The van der Waals surface area contributed by atoms with Crippen LogP contribution in [-0.4, -0.2) is 31.9 Å². The molecule has 4 rings (SSSR count). The molecule has 0 saturated carbocycles. The van der Waals surface area contributed by atoms with Gasteiger partial charge in [-0.15, -0.1) is 5.10 Å². The van der Waals surface area contributed by atoms with Gasteiger partial charge in [-0.05, 0) is 34.2 Å². The molecule has 1 amide bonds. The van der Waals surface area contributed by atoms with Crippen molar-refractivity contribution in [1.29, 1.82) is 0 Å². The molecule has 0 radical (unpaired) electrons. The quantitative estimate of drug-likeness (QED) is 0.505. The second-order valence-electron chi connectivity index (χ2n) is 5.96. The van der Waals surface area contributed by atoms with Crippen molar-refractivity contribution in [2.75, 3.05) is 11.1 Å². The predicted molar refractivity (Wildman–Crippen MR) is 110 cm³/mol. The second kappa shape index (κ2) is 8.49. The van der Waals surface area contributed by atoms with E-state index in [1.807, 2.05) is 84.9 Å². The molecule has 0 fully saturated rings. The van der Waals surface area contributed by atoms with Crippen molar-refractivity contribution in [2.24, 2.45) is 0 Å². The highest BCUT2D eigenvalue weighted by molar-refractivity contribution is 7.99. The van der Waals surface area contributed by atoms with Crippen LogP contribution in [-0.2, 0) is 4.79 Å². The SMILES string of the molecule is O=C(CSc1nnnn1-c1ccccc1)Nc1ccccc1-c1ccccc1. The Kier molecular flexibility index (Phi) is 5.44. The molecule has 0 unspecified atom stereocenters. The summed E-state index contributed by atoms with van der Waals surface area (Å²) in [4.78, 5) is 12.5. The van der Waals surface area contributed by atoms with E-state index < -0.39 is 0 Å². The van der Waals surface area contributed by atoms with Gasteiger partial charge in [-0.3, -0.25) is 4.79 Å². The van der Waals surface area contributed by atoms with Crippen molar-refractivity contribution in [1.82, 2.24) is 20.2 Å². The van der Waals surface area contributed by atoms with Crippen LogP contribution in [0, 0.1) is 0 Å². The number of anilines is 1. The molecule has 0 spiro atoms. The van der Waals surface area contributed by atoms with Gasteiger partial charge in [0, 0.05) is 11.3 Å². The van der Waals surface area contributed by atoms with E-state index in [0.717, 1.165) is 22.5 Å². The Labute approximate surface area is 166 Å². The third kappa shape index (κ3) is 4.10. The topological polar surface area (TPSA) is 72.7 Å². The molecule has 1 aromatic heterocycles. The Morgan fingerprint density at radius 2 is 1.57 bits per heavy atom. The summed E-state index contributed by atoms with van der Waals surface area (Å²) in [5.41, 5.74) is 3.67. The zero-order valence-corrected chi connectivity index (χ0v) is 15.7. The number of rotatable bonds is 6. The van der Waals surface area contributed by atoms with Gasteiger partial charge in [0.25, 0.3) is 0 Å². The van der Waals surface area contributed by atoms with Crippen LogP contribution in [0.15, 0.2) is 90.1 Å². The van der Waals surface area contributed by atoms with Gasteiger partial charge in [0.1, 0.15) is 0 Å². The lowest BCUT2D eigenvalue weighted by atomic mass is 10.0. The zero-order chi connectivity index (χ0) is 19.2. The summed E-state index contributed by atoms with van der Waals surface area (Å²) in [6.07, 6.45) is 0. The molecule has 1 heterocycles. The van der Waals surface area contributed by atoms with E-state index in [2.05, 4.69) is 20.8 Å². The number of hydrogen-bond acceptors (Lipinski definition) is 5. The van der Waals surface area contributed by atoms with Crippen molar-refractivity contribution >= 4 is 23.4 Å². The lowest BCUT2D eigenvalue weighted by Crippen LogP contribution is -2.15. The van der Waals surface area contributed by atoms with E-state index in [-0.39, 0.29) is 11.7 Å². The fourth-order valence-corrected chi connectivity index (χ4v) is 3.47. The molecule has 0 saturated heterocycles. The fourth-order valence-electron chi connectivity index (χ4n) is 2.78. The summed E-state index contributed by atoms with van der Waals surface area (Å²) in [7, 11) is 0. The monoisotopic (exact) mass is 387 g/mol. The largest absolute Gasteiger partial charge is 0.325 e. The molecule has 138 valence electrons. The normalized spacial score (nSPS) is 10.6. The molecular formula is C21H17N5OS. The number of carbonyl (C=O) groups is 1. The average Bonchev–Trinajstić information content (AvgIpc) is 3.23. The van der Waals surface area contributed by atoms with Gasteiger partial charge in [0.2, 0.25) is 11.1 Å². The number of aromatic nitrogens is 4. The molecule has 1 N–H and O–H groups in total. The first-order chi connectivity index (χ1) is 13.8. The van der Waals surface area contributed by atoms with Crippen molar-refractivity contribution in [3.05, 3.63) is 84.9 Å². The minimum atomic E-state index is -0.115. The lowest BCUT2D eigenvalue weighted by Gasteiger charge is -2.11. The van der Waals surface area contributed by atoms with Crippen LogP contribution in [0.25, 0.3) is 16.8 Å². The Morgan fingerprint density at radius 1 is 0.893 bits per heavy atom. The number of hydrogen-bond donors (Lipinski definition) is 1. The fraction of sp³-hybridized carbons (Fsp3) is 0.0476. The number of nitrogens with one attached hydrogen (secondary N) is 1. The van der Waals surface area contributed by atoms with Gasteiger partial charge in [-0.25, -0.2) is 0 Å². The van der Waals surface area contributed by atoms with E-state index in [0.29, 0.717) is 5.16 Å². The lowest BCUT2D eigenvalue weighted by molar-refractivity contribution is -0.113. The number of amides is 1. The molecule has 0 aliphatic heterocycles. The summed E-state index contributed by atoms with van der Waals surface area (Å²) in [6.45, 7) is 0. The summed E-state index contributed by atoms with van der Waals surface area (Å²) in [5, 5.41) is 15.3. The predicted octanol–water partition coefficient (Wildman–Crippen LogP) is 4.06. The second-order valence-corrected chi connectivity index (χ2v) is 6.90. The standard InChI is InChI=1S/C21H17N5OS/c27-20(15-28-21-23-24-25-26(21)17-11-5-2-6-12-17)22-19-14-8-7-13-18(19)16-9-3-1-4-10-16/h1-14H,15H2,(H,22,27). The third-order valence-corrected chi connectivity index (χ3v) is 4.98. The smallest absolute Gasteiger partial charge is 0.234 e. The number of para-hydroxylation sites is 2. The van der Waals surface area contributed by atoms with Crippen molar-refractivity contribution in [3.8, 4) is 16.8 Å². The van der Waals surface area contributed by atoms with Crippen LogP contribution < -0.4 is 5.32 Å². The maximum atomic E-state index is 12.5. The Balaban J connectivity index is 1.45. The summed E-state index contributed by atoms with van der Waals surface area (Å²) in [5.74, 6) is 0.0899. The van der Waals surface area contributed by atoms with Crippen LogP contribution in [0.1, 0.15) is 0 Å². The molecule has 0 aliphatic carbocycles. The Bertz CT molecular complexity index is 1070. The van der Waals surface area contributed by atoms with Gasteiger partial charge in [-0.1, -0.05) is 78.5 Å². The molecule has 0 atom stereocenters. The Morgan fingerprint density at radius 3 is 2.36 bits per heavy atom. The number of benzene rings is 3. The maximum absolute atomic E-state index is 12.5. The Hall–Kier alpha value is -3.45. The van der Waals surface area contributed by atoms with Gasteiger partial charge in [-0.2, -0.15) is 4.68 Å². The van der Waals surface area contributed by atoms with E-state index in [4.69, 9.17) is 0 Å². The molecule has 3 aromatic carbocycles. The zero-order valence-electron chi connectivity index (χ0n) is 14.9. The number of carbonyl (C=O) groups excluding carboxylic acids is 1. The van der Waals surface area contributed by atoms with E-state index in [9.17, 15) is 4.79 Å². The highest BCUT2D eigenvalue weighted by atomic mass is 32.2. The first-order valence-corrected chi connectivity index (χ1v) is 9.71. The van der Waals surface area contributed by atoms with E-state index in [1.54, 1.807) is 4.68 Å². The molecule has 7 heteroatoms. The van der Waals surface area contributed by atoms with Crippen molar-refractivity contribution < 1.29 is 4.79 Å². The first-order valence-electron chi connectivity index (χ1n) is 8.72. The molecule has 28 heavy (non-hydrogen) atoms. The van der Waals surface area contributed by atoms with Crippen LogP contribution in [0.2, 0.25) is 0 Å². The minimum Gasteiger partial charge on any atom is -0.325 e. The molecule has 0 aliphatic rings. The van der Waals surface area contributed by atoms with Gasteiger partial charge in [0.05, 0.1) is 11.4 Å². The molecular weight excluding hydrogens is 370 g/mol. The van der Waals surface area contributed by atoms with Crippen molar-refractivity contribution in [3.63, 3.8) is 0 Å². The number of thioether (sulfide) groups is 1. The van der Waals surface area contributed by atoms with Crippen molar-refractivity contribution in [2.45, 2.75) is 5.16 Å².